The molecule has 0 spiro atoms. The Labute approximate surface area is 160 Å². The number of hydrogen-bond acceptors (Lipinski definition) is 3. The lowest BCUT2D eigenvalue weighted by Crippen LogP contribution is -2.32. The Morgan fingerprint density at radius 2 is 1.64 bits per heavy atom. The van der Waals surface area contributed by atoms with Crippen LogP contribution in [0.25, 0.3) is 0 Å². The first-order chi connectivity index (χ1) is 13.3. The van der Waals surface area contributed by atoms with Crippen molar-refractivity contribution in [2.75, 3.05) is 13.7 Å². The second-order valence-electron chi connectivity index (χ2n) is 6.18. The summed E-state index contributed by atoms with van der Waals surface area (Å²) in [6.45, 7) is -0.135. The van der Waals surface area contributed by atoms with Gasteiger partial charge < -0.3 is 14.7 Å². The summed E-state index contributed by atoms with van der Waals surface area (Å²) in [5.41, 5.74) is 0.922. The van der Waals surface area contributed by atoms with Crippen LogP contribution in [0, 0.1) is 17.5 Å². The fraction of sp³-hybridized carbons (Fsp3) is 0.300. The number of halogens is 3. The van der Waals surface area contributed by atoms with E-state index >= 15 is 0 Å². The van der Waals surface area contributed by atoms with Gasteiger partial charge in [0.1, 0.15) is 0 Å². The van der Waals surface area contributed by atoms with Gasteiger partial charge in [-0.3, -0.25) is 9.59 Å². The third-order valence-electron chi connectivity index (χ3n) is 4.15. The van der Waals surface area contributed by atoms with E-state index in [9.17, 15) is 22.8 Å². The number of aryl methyl sites for hydroxylation is 1. The van der Waals surface area contributed by atoms with Crippen LogP contribution in [0.3, 0.4) is 0 Å². The Hall–Kier alpha value is -3.03. The zero-order chi connectivity index (χ0) is 20.7. The summed E-state index contributed by atoms with van der Waals surface area (Å²) in [7, 11) is 1.35. The number of methoxy groups -OCH3 is 1. The smallest absolute Gasteiger partial charge is 0.305 e. The number of carboxylic acid groups (broad SMARTS) is 1. The van der Waals surface area contributed by atoms with Crippen LogP contribution in [-0.4, -0.2) is 35.5 Å². The summed E-state index contributed by atoms with van der Waals surface area (Å²) in [5, 5.41) is 8.88. The SMILES string of the molecule is COc1ccc(CCC(=O)N(CCC(=O)O)Cc2ccc(F)c(F)c2)cc1F. The zero-order valence-corrected chi connectivity index (χ0v) is 15.3. The fourth-order valence-electron chi connectivity index (χ4n) is 2.66. The second kappa shape index (κ2) is 9.77. The Morgan fingerprint density at radius 1 is 0.964 bits per heavy atom. The molecule has 0 bridgehead atoms. The normalized spacial score (nSPS) is 10.6. The molecule has 5 nitrogen and oxygen atoms in total. The van der Waals surface area contributed by atoms with Crippen LogP contribution in [0.15, 0.2) is 36.4 Å². The number of rotatable bonds is 9. The maximum Gasteiger partial charge on any atom is 0.305 e. The summed E-state index contributed by atoms with van der Waals surface area (Å²) in [4.78, 5) is 24.7. The summed E-state index contributed by atoms with van der Waals surface area (Å²) in [5.74, 6) is -3.96. The quantitative estimate of drug-likeness (QED) is 0.705. The van der Waals surface area contributed by atoms with E-state index in [-0.39, 0.29) is 44.0 Å². The van der Waals surface area contributed by atoms with Gasteiger partial charge in [-0.2, -0.15) is 0 Å². The monoisotopic (exact) mass is 395 g/mol. The molecule has 0 aliphatic carbocycles. The van der Waals surface area contributed by atoms with E-state index < -0.39 is 23.4 Å². The highest BCUT2D eigenvalue weighted by Crippen LogP contribution is 2.19. The number of hydrogen-bond donors (Lipinski definition) is 1. The van der Waals surface area contributed by atoms with Crippen molar-refractivity contribution >= 4 is 11.9 Å². The molecule has 1 amide bonds. The number of nitrogens with zero attached hydrogens (tertiary/aromatic N) is 1. The van der Waals surface area contributed by atoms with Gasteiger partial charge >= 0.3 is 5.97 Å². The van der Waals surface area contributed by atoms with Crippen LogP contribution in [0.2, 0.25) is 0 Å². The van der Waals surface area contributed by atoms with Gasteiger partial charge in [-0.25, -0.2) is 13.2 Å². The minimum absolute atomic E-state index is 0.00899. The number of aliphatic carboxylic acids is 1. The molecule has 0 aromatic heterocycles. The largest absolute Gasteiger partial charge is 0.494 e. The molecule has 1 N–H and O–H groups in total. The highest BCUT2D eigenvalue weighted by molar-refractivity contribution is 5.77. The van der Waals surface area contributed by atoms with Crippen molar-refractivity contribution in [3.05, 3.63) is 65.0 Å². The first-order valence-electron chi connectivity index (χ1n) is 8.56. The Bertz CT molecular complexity index is 857. The summed E-state index contributed by atoms with van der Waals surface area (Å²) < 4.78 is 45.1. The van der Waals surface area contributed by atoms with Crippen molar-refractivity contribution in [1.82, 2.24) is 4.90 Å². The van der Waals surface area contributed by atoms with Gasteiger partial charge in [0.15, 0.2) is 23.2 Å². The van der Waals surface area contributed by atoms with Crippen molar-refractivity contribution in [3.63, 3.8) is 0 Å². The fourth-order valence-corrected chi connectivity index (χ4v) is 2.66. The van der Waals surface area contributed by atoms with Gasteiger partial charge in [0, 0.05) is 19.5 Å². The molecule has 0 aliphatic heterocycles. The third-order valence-corrected chi connectivity index (χ3v) is 4.15. The minimum atomic E-state index is -1.08. The molecule has 2 aromatic carbocycles. The van der Waals surface area contributed by atoms with E-state index in [4.69, 9.17) is 9.84 Å². The molecule has 0 radical (unpaired) electrons. The lowest BCUT2D eigenvalue weighted by molar-refractivity contribution is -0.138. The average molecular weight is 395 g/mol. The van der Waals surface area contributed by atoms with Crippen molar-refractivity contribution in [2.45, 2.75) is 25.8 Å². The van der Waals surface area contributed by atoms with Crippen LogP contribution < -0.4 is 4.74 Å². The molecule has 28 heavy (non-hydrogen) atoms. The zero-order valence-electron chi connectivity index (χ0n) is 15.3. The number of amides is 1. The number of carbonyl (C=O) groups is 2. The number of benzene rings is 2. The molecule has 2 aromatic rings. The molecule has 150 valence electrons. The van der Waals surface area contributed by atoms with Crippen LogP contribution in [0.1, 0.15) is 24.0 Å². The lowest BCUT2D eigenvalue weighted by atomic mass is 10.1. The second-order valence-corrected chi connectivity index (χ2v) is 6.18. The molecular weight excluding hydrogens is 375 g/mol. The molecular formula is C20H20F3NO4. The highest BCUT2D eigenvalue weighted by atomic mass is 19.2. The maximum absolute atomic E-state index is 13.7. The maximum atomic E-state index is 13.7. The van der Waals surface area contributed by atoms with Gasteiger partial charge in [-0.1, -0.05) is 12.1 Å². The van der Waals surface area contributed by atoms with Gasteiger partial charge in [0.2, 0.25) is 5.91 Å². The molecule has 8 heteroatoms. The molecule has 0 aliphatic rings. The molecule has 0 unspecified atom stereocenters. The Kier molecular flexibility index (Phi) is 7.43. The predicted octanol–water partition coefficient (Wildman–Crippen LogP) is 3.55. The van der Waals surface area contributed by atoms with E-state index in [1.165, 1.54) is 30.2 Å². The molecule has 0 saturated carbocycles. The van der Waals surface area contributed by atoms with Gasteiger partial charge in [0.25, 0.3) is 0 Å². The van der Waals surface area contributed by atoms with E-state index in [1.54, 1.807) is 6.07 Å². The number of carboxylic acids is 1. The topological polar surface area (TPSA) is 66.8 Å². The molecule has 0 saturated heterocycles. The van der Waals surface area contributed by atoms with E-state index in [0.717, 1.165) is 12.1 Å². The third kappa shape index (κ3) is 6.00. The van der Waals surface area contributed by atoms with Gasteiger partial charge in [-0.05, 0) is 41.8 Å². The van der Waals surface area contributed by atoms with E-state index in [1.807, 2.05) is 0 Å². The van der Waals surface area contributed by atoms with Crippen LogP contribution in [0.5, 0.6) is 5.75 Å². The minimum Gasteiger partial charge on any atom is -0.494 e. The average Bonchev–Trinajstić information content (AvgIpc) is 2.66. The number of ether oxygens (including phenoxy) is 1. The summed E-state index contributed by atoms with van der Waals surface area (Å²) in [6, 6.07) is 7.60. The standard InChI is InChI=1S/C20H20F3NO4/c1-28-18-6-3-13(10-17(18)23)4-7-19(25)24(9-8-20(26)27)12-14-2-5-15(21)16(22)11-14/h2-3,5-6,10-11H,4,7-9,12H2,1H3,(H,26,27). The van der Waals surface area contributed by atoms with Gasteiger partial charge in [-0.15, -0.1) is 0 Å². The predicted molar refractivity (Wildman–Crippen MR) is 95.3 cm³/mol. The summed E-state index contributed by atoms with van der Waals surface area (Å²) in [6.07, 6.45) is -0.0389. The van der Waals surface area contributed by atoms with Crippen molar-refractivity contribution in [3.8, 4) is 5.75 Å². The Balaban J connectivity index is 2.06. The van der Waals surface area contributed by atoms with Crippen LogP contribution in [-0.2, 0) is 22.6 Å². The van der Waals surface area contributed by atoms with Crippen LogP contribution in [0.4, 0.5) is 13.2 Å². The highest BCUT2D eigenvalue weighted by Gasteiger charge is 2.17. The molecule has 0 atom stereocenters. The summed E-state index contributed by atoms with van der Waals surface area (Å²) >= 11 is 0. The Morgan fingerprint density at radius 3 is 2.25 bits per heavy atom. The molecule has 2 rings (SSSR count). The molecule has 0 fully saturated rings. The van der Waals surface area contributed by atoms with E-state index in [2.05, 4.69) is 0 Å². The first-order valence-corrected chi connectivity index (χ1v) is 8.56. The van der Waals surface area contributed by atoms with Crippen molar-refractivity contribution in [1.29, 1.82) is 0 Å². The number of carbonyl (C=O) groups excluding carboxylic acids is 1. The van der Waals surface area contributed by atoms with Crippen molar-refractivity contribution in [2.24, 2.45) is 0 Å². The first kappa shape index (κ1) is 21.3. The lowest BCUT2D eigenvalue weighted by Gasteiger charge is -2.22. The van der Waals surface area contributed by atoms with E-state index in [0.29, 0.717) is 11.1 Å². The van der Waals surface area contributed by atoms with Crippen molar-refractivity contribution < 1.29 is 32.6 Å². The molecule has 0 heterocycles. The van der Waals surface area contributed by atoms with Crippen LogP contribution >= 0.6 is 0 Å². The van der Waals surface area contributed by atoms with Gasteiger partial charge in [0.05, 0.1) is 13.5 Å².